The number of rotatable bonds is 3. The molecule has 1 heterocycles. The number of fused-ring (bicyclic) bond motifs is 1. The molecule has 98 valence electrons. The van der Waals surface area contributed by atoms with Crippen LogP contribution in [0.25, 0.3) is 0 Å². The molecule has 3 rings (SSSR count). The van der Waals surface area contributed by atoms with Crippen molar-refractivity contribution in [1.29, 1.82) is 0 Å². The Morgan fingerprint density at radius 2 is 2.05 bits per heavy atom. The molecule has 0 aliphatic heterocycles. The Bertz CT molecular complexity index is 565. The van der Waals surface area contributed by atoms with Crippen molar-refractivity contribution in [2.75, 3.05) is 0 Å². The first kappa shape index (κ1) is 12.6. The van der Waals surface area contributed by atoms with Gasteiger partial charge < -0.3 is 5.32 Å². The van der Waals surface area contributed by atoms with E-state index in [1.165, 1.54) is 16.8 Å². The largest absolute Gasteiger partial charge is 0.302 e. The van der Waals surface area contributed by atoms with Crippen LogP contribution in [0.1, 0.15) is 42.2 Å². The molecule has 1 aliphatic carbocycles. The Balaban J connectivity index is 1.74. The lowest BCUT2D eigenvalue weighted by molar-refractivity contribution is 0.458. The number of halogens is 1. The zero-order valence-corrected chi connectivity index (χ0v) is 11.7. The number of pyridine rings is 1. The van der Waals surface area contributed by atoms with Gasteiger partial charge in [-0.1, -0.05) is 29.8 Å². The van der Waals surface area contributed by atoms with E-state index in [2.05, 4.69) is 35.4 Å². The molecular formula is C16H17ClN2. The summed E-state index contributed by atoms with van der Waals surface area (Å²) in [6, 6.07) is 12.9. The van der Waals surface area contributed by atoms with Crippen LogP contribution < -0.4 is 5.32 Å². The Kier molecular flexibility index (Phi) is 3.54. The average Bonchev–Trinajstić information content (AvgIpc) is 2.83. The minimum Gasteiger partial charge on any atom is -0.302 e. The third kappa shape index (κ3) is 2.65. The van der Waals surface area contributed by atoms with E-state index in [1.807, 2.05) is 24.4 Å². The lowest BCUT2D eigenvalue weighted by Crippen LogP contribution is -2.23. The standard InChI is InChI=1S/C16H17ClN2/c1-11(12-4-7-14(17)8-5-12)19-15-9-6-13-3-2-10-18-16(13)15/h2-5,7-8,10-11,15,19H,6,9H2,1H3/t11-,15?/m1/s1. The van der Waals surface area contributed by atoms with Gasteiger partial charge in [-0.25, -0.2) is 0 Å². The van der Waals surface area contributed by atoms with Gasteiger partial charge in [-0.3, -0.25) is 4.98 Å². The van der Waals surface area contributed by atoms with Crippen molar-refractivity contribution in [3.8, 4) is 0 Å². The highest BCUT2D eigenvalue weighted by atomic mass is 35.5. The first-order chi connectivity index (χ1) is 9.24. The quantitative estimate of drug-likeness (QED) is 0.911. The van der Waals surface area contributed by atoms with E-state index in [0.29, 0.717) is 12.1 Å². The summed E-state index contributed by atoms with van der Waals surface area (Å²) in [7, 11) is 0. The molecule has 0 bridgehead atoms. The van der Waals surface area contributed by atoms with Crippen LogP contribution in [0.3, 0.4) is 0 Å². The Labute approximate surface area is 118 Å². The van der Waals surface area contributed by atoms with Crippen molar-refractivity contribution in [2.24, 2.45) is 0 Å². The lowest BCUT2D eigenvalue weighted by atomic mass is 10.1. The zero-order valence-electron chi connectivity index (χ0n) is 10.9. The van der Waals surface area contributed by atoms with Crippen LogP contribution in [0.15, 0.2) is 42.6 Å². The summed E-state index contributed by atoms with van der Waals surface area (Å²) < 4.78 is 0. The molecule has 0 saturated carbocycles. The molecule has 1 aromatic carbocycles. The van der Waals surface area contributed by atoms with E-state index in [-0.39, 0.29) is 0 Å². The van der Waals surface area contributed by atoms with Crippen molar-refractivity contribution in [2.45, 2.75) is 31.8 Å². The molecule has 1 aromatic heterocycles. The molecular weight excluding hydrogens is 256 g/mol. The minimum atomic E-state index is 0.301. The molecule has 0 spiro atoms. The molecule has 3 heteroatoms. The first-order valence-electron chi connectivity index (χ1n) is 6.69. The molecule has 19 heavy (non-hydrogen) atoms. The molecule has 0 radical (unpaired) electrons. The van der Waals surface area contributed by atoms with Gasteiger partial charge in [0.05, 0.1) is 11.7 Å². The highest BCUT2D eigenvalue weighted by Gasteiger charge is 2.24. The van der Waals surface area contributed by atoms with Crippen molar-refractivity contribution in [1.82, 2.24) is 10.3 Å². The summed E-state index contributed by atoms with van der Waals surface area (Å²) in [4.78, 5) is 4.52. The molecule has 2 aromatic rings. The van der Waals surface area contributed by atoms with Crippen LogP contribution in [-0.2, 0) is 6.42 Å². The van der Waals surface area contributed by atoms with E-state index >= 15 is 0 Å². The number of benzene rings is 1. The Hall–Kier alpha value is -1.38. The van der Waals surface area contributed by atoms with Gasteiger partial charge in [0.25, 0.3) is 0 Å². The lowest BCUT2D eigenvalue weighted by Gasteiger charge is -2.20. The molecule has 1 aliphatic rings. The maximum absolute atomic E-state index is 5.92. The summed E-state index contributed by atoms with van der Waals surface area (Å²) in [5.74, 6) is 0. The van der Waals surface area contributed by atoms with Crippen LogP contribution >= 0.6 is 11.6 Å². The highest BCUT2D eigenvalue weighted by Crippen LogP contribution is 2.31. The van der Waals surface area contributed by atoms with Crippen molar-refractivity contribution in [3.63, 3.8) is 0 Å². The first-order valence-corrected chi connectivity index (χ1v) is 7.07. The summed E-state index contributed by atoms with van der Waals surface area (Å²) in [6.45, 7) is 2.18. The average molecular weight is 273 g/mol. The second kappa shape index (κ2) is 5.32. The van der Waals surface area contributed by atoms with Gasteiger partial charge in [-0.2, -0.15) is 0 Å². The number of nitrogens with one attached hydrogen (secondary N) is 1. The summed E-state index contributed by atoms with van der Waals surface area (Å²) in [5.41, 5.74) is 3.85. The normalized spacial score (nSPS) is 19.2. The zero-order chi connectivity index (χ0) is 13.2. The van der Waals surface area contributed by atoms with Crippen LogP contribution in [0.4, 0.5) is 0 Å². The monoisotopic (exact) mass is 272 g/mol. The van der Waals surface area contributed by atoms with E-state index in [4.69, 9.17) is 11.6 Å². The van der Waals surface area contributed by atoms with Crippen molar-refractivity contribution >= 4 is 11.6 Å². The number of hydrogen-bond acceptors (Lipinski definition) is 2. The van der Waals surface area contributed by atoms with Gasteiger partial charge in [-0.15, -0.1) is 0 Å². The predicted octanol–water partition coefficient (Wildman–Crippen LogP) is 4.07. The molecule has 0 fully saturated rings. The van der Waals surface area contributed by atoms with Gasteiger partial charge in [0.1, 0.15) is 0 Å². The topological polar surface area (TPSA) is 24.9 Å². The fourth-order valence-corrected chi connectivity index (χ4v) is 2.85. The maximum atomic E-state index is 5.92. The number of nitrogens with zero attached hydrogens (tertiary/aromatic N) is 1. The predicted molar refractivity (Wildman–Crippen MR) is 78.3 cm³/mol. The Morgan fingerprint density at radius 3 is 2.84 bits per heavy atom. The van der Waals surface area contributed by atoms with E-state index in [1.54, 1.807) is 0 Å². The second-order valence-corrected chi connectivity index (χ2v) is 5.52. The fourth-order valence-electron chi connectivity index (χ4n) is 2.72. The van der Waals surface area contributed by atoms with Crippen LogP contribution in [-0.4, -0.2) is 4.98 Å². The van der Waals surface area contributed by atoms with Crippen LogP contribution in [0.2, 0.25) is 5.02 Å². The number of aryl methyl sites for hydroxylation is 1. The summed E-state index contributed by atoms with van der Waals surface area (Å²) in [6.07, 6.45) is 4.13. The summed E-state index contributed by atoms with van der Waals surface area (Å²) >= 11 is 5.92. The van der Waals surface area contributed by atoms with E-state index in [0.717, 1.165) is 17.9 Å². The van der Waals surface area contributed by atoms with Crippen molar-refractivity contribution in [3.05, 3.63) is 64.4 Å². The molecule has 0 amide bonds. The maximum Gasteiger partial charge on any atom is 0.0605 e. The van der Waals surface area contributed by atoms with Crippen molar-refractivity contribution < 1.29 is 0 Å². The van der Waals surface area contributed by atoms with E-state index in [9.17, 15) is 0 Å². The molecule has 1 N–H and O–H groups in total. The van der Waals surface area contributed by atoms with Crippen LogP contribution in [0, 0.1) is 0 Å². The smallest absolute Gasteiger partial charge is 0.0605 e. The SMILES string of the molecule is C[C@@H](NC1CCc2cccnc21)c1ccc(Cl)cc1. The highest BCUT2D eigenvalue weighted by molar-refractivity contribution is 6.30. The van der Waals surface area contributed by atoms with Gasteiger partial charge in [0.15, 0.2) is 0 Å². The third-order valence-electron chi connectivity index (χ3n) is 3.78. The second-order valence-electron chi connectivity index (χ2n) is 5.08. The number of aromatic nitrogens is 1. The van der Waals surface area contributed by atoms with Gasteiger partial charge in [0.2, 0.25) is 0 Å². The fraction of sp³-hybridized carbons (Fsp3) is 0.312. The summed E-state index contributed by atoms with van der Waals surface area (Å²) in [5, 5.41) is 4.45. The minimum absolute atomic E-state index is 0.301. The van der Waals surface area contributed by atoms with Gasteiger partial charge in [-0.05, 0) is 49.1 Å². The molecule has 1 unspecified atom stereocenters. The van der Waals surface area contributed by atoms with Gasteiger partial charge in [0, 0.05) is 17.3 Å². The third-order valence-corrected chi connectivity index (χ3v) is 4.03. The number of hydrogen-bond donors (Lipinski definition) is 1. The van der Waals surface area contributed by atoms with E-state index < -0.39 is 0 Å². The molecule has 2 nitrogen and oxygen atoms in total. The van der Waals surface area contributed by atoms with Crippen LogP contribution in [0.5, 0.6) is 0 Å². The molecule has 0 saturated heterocycles. The molecule has 2 atom stereocenters. The van der Waals surface area contributed by atoms with Gasteiger partial charge >= 0.3 is 0 Å². The Morgan fingerprint density at radius 1 is 1.26 bits per heavy atom.